The first kappa shape index (κ1) is 14.1. The van der Waals surface area contributed by atoms with Gasteiger partial charge >= 0.3 is 0 Å². The van der Waals surface area contributed by atoms with Crippen molar-refractivity contribution in [3.05, 3.63) is 24.3 Å². The van der Waals surface area contributed by atoms with Crippen molar-refractivity contribution in [2.75, 3.05) is 29.9 Å². The van der Waals surface area contributed by atoms with Gasteiger partial charge < -0.3 is 15.0 Å². The smallest absolute Gasteiger partial charge is 0.225 e. The molecule has 0 saturated carbocycles. The zero-order valence-corrected chi connectivity index (χ0v) is 12.8. The number of nitrogens with zero attached hydrogens (tertiary/aromatic N) is 3. The highest BCUT2D eigenvalue weighted by atomic mass is 16.5. The van der Waals surface area contributed by atoms with E-state index in [1.165, 1.54) is 0 Å². The number of fused-ring (bicyclic) bond motifs is 1. The Morgan fingerprint density at radius 2 is 1.90 bits per heavy atom. The van der Waals surface area contributed by atoms with Gasteiger partial charge in [-0.05, 0) is 32.9 Å². The normalized spacial score (nSPS) is 22.5. The number of benzene rings is 1. The number of aromatic nitrogens is 2. The van der Waals surface area contributed by atoms with Crippen LogP contribution in [0.4, 0.5) is 11.8 Å². The summed E-state index contributed by atoms with van der Waals surface area (Å²) in [6, 6.07) is 8.18. The Bertz CT molecular complexity index is 621. The fourth-order valence-electron chi connectivity index (χ4n) is 2.89. The summed E-state index contributed by atoms with van der Waals surface area (Å²) in [6.07, 6.45) is 0.426. The maximum atomic E-state index is 5.83. The van der Waals surface area contributed by atoms with Crippen LogP contribution < -0.4 is 10.2 Å². The van der Waals surface area contributed by atoms with E-state index in [1.54, 1.807) is 0 Å². The van der Waals surface area contributed by atoms with Gasteiger partial charge in [-0.15, -0.1) is 0 Å². The summed E-state index contributed by atoms with van der Waals surface area (Å²) >= 11 is 0. The molecule has 5 nitrogen and oxygen atoms in total. The lowest BCUT2D eigenvalue weighted by molar-refractivity contribution is -0.00536. The van der Waals surface area contributed by atoms with E-state index in [9.17, 15) is 0 Å². The largest absolute Gasteiger partial charge is 0.372 e. The summed E-state index contributed by atoms with van der Waals surface area (Å²) in [4.78, 5) is 11.6. The van der Waals surface area contributed by atoms with Crippen molar-refractivity contribution in [1.82, 2.24) is 9.97 Å². The van der Waals surface area contributed by atoms with Crippen LogP contribution in [0.25, 0.3) is 10.9 Å². The van der Waals surface area contributed by atoms with E-state index < -0.39 is 0 Å². The van der Waals surface area contributed by atoms with E-state index >= 15 is 0 Å². The molecular formula is C16H22N4O. The molecule has 2 atom stereocenters. The van der Waals surface area contributed by atoms with Gasteiger partial charge in [0.1, 0.15) is 5.82 Å². The van der Waals surface area contributed by atoms with Crippen molar-refractivity contribution in [3.8, 4) is 0 Å². The van der Waals surface area contributed by atoms with Crippen LogP contribution in [0.5, 0.6) is 0 Å². The van der Waals surface area contributed by atoms with Gasteiger partial charge in [0.05, 0.1) is 17.7 Å². The molecule has 1 aliphatic heterocycles. The summed E-state index contributed by atoms with van der Waals surface area (Å²) in [5.41, 5.74) is 0.977. The number of nitrogens with one attached hydrogen (secondary N) is 1. The van der Waals surface area contributed by atoms with E-state index in [0.717, 1.165) is 36.4 Å². The Morgan fingerprint density at radius 3 is 2.62 bits per heavy atom. The number of hydrogen-bond acceptors (Lipinski definition) is 5. The molecule has 0 bridgehead atoms. The SMILES string of the molecule is CCNc1nc(N2C[C@@H](C)O[C@@H](C)C2)c2ccccc2n1. The molecule has 0 unspecified atom stereocenters. The number of ether oxygens (including phenoxy) is 1. The Balaban J connectivity index is 2.06. The van der Waals surface area contributed by atoms with Gasteiger partial charge in [0, 0.05) is 25.0 Å². The lowest BCUT2D eigenvalue weighted by Gasteiger charge is -2.36. The van der Waals surface area contributed by atoms with Gasteiger partial charge in [-0.3, -0.25) is 0 Å². The van der Waals surface area contributed by atoms with Crippen molar-refractivity contribution in [2.24, 2.45) is 0 Å². The molecule has 1 N–H and O–H groups in total. The van der Waals surface area contributed by atoms with Gasteiger partial charge in [0.25, 0.3) is 0 Å². The molecule has 1 aromatic carbocycles. The molecule has 2 aromatic rings. The Kier molecular flexibility index (Phi) is 3.92. The zero-order chi connectivity index (χ0) is 14.8. The highest BCUT2D eigenvalue weighted by Crippen LogP contribution is 2.27. The summed E-state index contributed by atoms with van der Waals surface area (Å²) in [6.45, 7) is 8.80. The van der Waals surface area contributed by atoms with E-state index in [2.05, 4.69) is 42.0 Å². The van der Waals surface area contributed by atoms with Crippen LogP contribution in [-0.4, -0.2) is 41.8 Å². The molecule has 0 aliphatic carbocycles. The second-order valence-corrected chi connectivity index (χ2v) is 5.58. The Labute approximate surface area is 125 Å². The molecular weight excluding hydrogens is 264 g/mol. The molecule has 1 aliphatic rings. The van der Waals surface area contributed by atoms with Crippen LogP contribution in [0.2, 0.25) is 0 Å². The van der Waals surface area contributed by atoms with Crippen LogP contribution in [0.3, 0.4) is 0 Å². The van der Waals surface area contributed by atoms with Crippen molar-refractivity contribution < 1.29 is 4.74 Å². The molecule has 1 fully saturated rings. The predicted octanol–water partition coefficient (Wildman–Crippen LogP) is 2.68. The van der Waals surface area contributed by atoms with Gasteiger partial charge in [-0.25, -0.2) is 4.98 Å². The highest BCUT2D eigenvalue weighted by molar-refractivity contribution is 5.90. The predicted molar refractivity (Wildman–Crippen MR) is 85.9 cm³/mol. The lowest BCUT2D eigenvalue weighted by atomic mass is 10.2. The third-order valence-corrected chi connectivity index (χ3v) is 3.64. The minimum Gasteiger partial charge on any atom is -0.372 e. The van der Waals surface area contributed by atoms with Gasteiger partial charge in [0.2, 0.25) is 5.95 Å². The zero-order valence-electron chi connectivity index (χ0n) is 12.8. The van der Waals surface area contributed by atoms with Crippen molar-refractivity contribution >= 4 is 22.7 Å². The number of rotatable bonds is 3. The standard InChI is InChI=1S/C16H22N4O/c1-4-17-16-18-14-8-6-5-7-13(14)15(19-16)20-9-11(2)21-12(3)10-20/h5-8,11-12H,4,9-10H2,1-3H3,(H,17,18,19)/t11-,12+. The minimum atomic E-state index is 0.213. The summed E-state index contributed by atoms with van der Waals surface area (Å²) in [7, 11) is 0. The quantitative estimate of drug-likeness (QED) is 0.940. The van der Waals surface area contributed by atoms with Crippen LogP contribution in [-0.2, 0) is 4.74 Å². The summed E-state index contributed by atoms with van der Waals surface area (Å²) in [5, 5.41) is 4.32. The molecule has 112 valence electrons. The van der Waals surface area contributed by atoms with E-state index in [1.807, 2.05) is 18.2 Å². The molecule has 1 saturated heterocycles. The van der Waals surface area contributed by atoms with Crippen LogP contribution >= 0.6 is 0 Å². The molecule has 1 aromatic heterocycles. The van der Waals surface area contributed by atoms with E-state index in [0.29, 0.717) is 5.95 Å². The first-order chi connectivity index (χ1) is 10.2. The van der Waals surface area contributed by atoms with Crippen LogP contribution in [0.1, 0.15) is 20.8 Å². The third kappa shape index (κ3) is 2.93. The Hall–Kier alpha value is -1.88. The average Bonchev–Trinajstić information content (AvgIpc) is 2.46. The van der Waals surface area contributed by atoms with Crippen LogP contribution in [0, 0.1) is 0 Å². The molecule has 3 rings (SSSR count). The van der Waals surface area contributed by atoms with Crippen LogP contribution in [0.15, 0.2) is 24.3 Å². The number of para-hydroxylation sites is 1. The third-order valence-electron chi connectivity index (χ3n) is 3.64. The summed E-state index contributed by atoms with van der Waals surface area (Å²) in [5.74, 6) is 1.69. The fraction of sp³-hybridized carbons (Fsp3) is 0.500. The highest BCUT2D eigenvalue weighted by Gasteiger charge is 2.25. The van der Waals surface area contributed by atoms with Crippen molar-refractivity contribution in [3.63, 3.8) is 0 Å². The number of anilines is 2. The molecule has 0 spiro atoms. The number of morpholine rings is 1. The van der Waals surface area contributed by atoms with Crippen molar-refractivity contribution in [1.29, 1.82) is 0 Å². The minimum absolute atomic E-state index is 0.213. The maximum absolute atomic E-state index is 5.83. The maximum Gasteiger partial charge on any atom is 0.225 e. The molecule has 0 amide bonds. The Morgan fingerprint density at radius 1 is 1.19 bits per heavy atom. The summed E-state index contributed by atoms with van der Waals surface area (Å²) < 4.78 is 5.83. The van der Waals surface area contributed by atoms with Gasteiger partial charge in [-0.1, -0.05) is 12.1 Å². The average molecular weight is 286 g/mol. The molecule has 2 heterocycles. The number of hydrogen-bond donors (Lipinski definition) is 1. The van der Waals surface area contributed by atoms with Gasteiger partial charge in [-0.2, -0.15) is 4.98 Å². The lowest BCUT2D eigenvalue weighted by Crippen LogP contribution is -2.46. The topological polar surface area (TPSA) is 50.3 Å². The second-order valence-electron chi connectivity index (χ2n) is 5.58. The van der Waals surface area contributed by atoms with Gasteiger partial charge in [0.15, 0.2) is 0 Å². The molecule has 21 heavy (non-hydrogen) atoms. The van der Waals surface area contributed by atoms with E-state index in [4.69, 9.17) is 9.72 Å². The molecule has 5 heteroatoms. The van der Waals surface area contributed by atoms with Crippen molar-refractivity contribution in [2.45, 2.75) is 33.0 Å². The second kappa shape index (κ2) is 5.85. The fourth-order valence-corrected chi connectivity index (χ4v) is 2.89. The first-order valence-corrected chi connectivity index (χ1v) is 7.58. The monoisotopic (exact) mass is 286 g/mol. The molecule has 0 radical (unpaired) electrons. The first-order valence-electron chi connectivity index (χ1n) is 7.58. The van der Waals surface area contributed by atoms with E-state index in [-0.39, 0.29) is 12.2 Å².